The fourth-order valence-corrected chi connectivity index (χ4v) is 3.53. The molecule has 0 bridgehead atoms. The Kier molecular flexibility index (Phi) is 5.67. The van der Waals surface area contributed by atoms with Crippen LogP contribution in [0.5, 0.6) is 0 Å². The Morgan fingerprint density at radius 2 is 1.91 bits per heavy atom. The number of ketones is 1. The van der Waals surface area contributed by atoms with Gasteiger partial charge in [-0.2, -0.15) is 0 Å². The molecule has 10 nitrogen and oxygen atoms in total. The number of pyridine rings is 2. The van der Waals surface area contributed by atoms with Crippen molar-refractivity contribution in [2.75, 3.05) is 5.32 Å². The summed E-state index contributed by atoms with van der Waals surface area (Å²) in [6.07, 6.45) is 4.74. The number of rotatable bonds is 7. The summed E-state index contributed by atoms with van der Waals surface area (Å²) >= 11 is 0. The molecule has 4 rings (SSSR count). The maximum Gasteiger partial charge on any atom is 0.332 e. The second-order valence-corrected chi connectivity index (χ2v) is 7.26. The van der Waals surface area contributed by atoms with Crippen LogP contribution in [0.2, 0.25) is 0 Å². The van der Waals surface area contributed by atoms with Crippen LogP contribution in [0.25, 0.3) is 22.6 Å². The normalized spacial score (nSPS) is 12.1. The lowest BCUT2D eigenvalue weighted by molar-refractivity contribution is 0.0975. The van der Waals surface area contributed by atoms with Crippen LogP contribution in [0, 0.1) is 0 Å². The molecule has 2 N–H and O–H groups in total. The van der Waals surface area contributed by atoms with Crippen molar-refractivity contribution in [2.24, 2.45) is 0 Å². The highest BCUT2D eigenvalue weighted by molar-refractivity contribution is 6.01. The molecule has 10 heteroatoms. The number of aromatic nitrogens is 6. The van der Waals surface area contributed by atoms with Crippen molar-refractivity contribution in [2.45, 2.75) is 39.9 Å². The molecule has 0 aliphatic rings. The lowest BCUT2D eigenvalue weighted by Crippen LogP contribution is -2.39. The molecule has 0 saturated heterocycles. The second kappa shape index (κ2) is 8.58. The molecule has 4 aromatic rings. The van der Waals surface area contributed by atoms with Gasteiger partial charge in [0.05, 0.1) is 6.04 Å². The number of fused-ring (bicyclic) bond motifs is 1. The largest absolute Gasteiger partial charge is 0.360 e. The molecule has 0 fully saturated rings. The quantitative estimate of drug-likeness (QED) is 0.427. The number of carbonyl (C=O) groups excluding carboxylic acids is 1. The number of aryl methyl sites for hydroxylation is 1. The number of hydrogen-bond donors (Lipinski definition) is 2. The Bertz CT molecular complexity index is 1390. The number of nitrogens with one attached hydrogen (secondary N) is 2. The molecule has 32 heavy (non-hydrogen) atoms. The summed E-state index contributed by atoms with van der Waals surface area (Å²) in [6.45, 7) is 6.01. The first-order chi connectivity index (χ1) is 15.4. The highest BCUT2D eigenvalue weighted by atomic mass is 16.2. The zero-order chi connectivity index (χ0) is 22.8. The van der Waals surface area contributed by atoms with Gasteiger partial charge in [0.25, 0.3) is 5.56 Å². The van der Waals surface area contributed by atoms with Gasteiger partial charge in [0, 0.05) is 42.8 Å². The van der Waals surface area contributed by atoms with E-state index in [0.29, 0.717) is 35.0 Å². The molecule has 0 aromatic carbocycles. The van der Waals surface area contributed by atoms with Gasteiger partial charge < -0.3 is 10.3 Å². The molecule has 0 amide bonds. The number of Topliss-reactive ketones (excluding diaryl/α,β-unsaturated/α-hetero) is 1. The summed E-state index contributed by atoms with van der Waals surface area (Å²) < 4.78 is 2.65. The van der Waals surface area contributed by atoms with Gasteiger partial charge in [0.1, 0.15) is 17.2 Å². The van der Waals surface area contributed by atoms with Gasteiger partial charge in [-0.15, -0.1) is 0 Å². The third-order valence-electron chi connectivity index (χ3n) is 5.23. The number of nitrogens with zero attached hydrogens (tertiary/aromatic N) is 5. The monoisotopic (exact) mass is 433 g/mol. The van der Waals surface area contributed by atoms with Gasteiger partial charge in [0.15, 0.2) is 11.4 Å². The molecule has 1 atom stereocenters. The Balaban J connectivity index is 1.62. The van der Waals surface area contributed by atoms with Gasteiger partial charge >= 0.3 is 5.69 Å². The van der Waals surface area contributed by atoms with E-state index in [1.165, 1.54) is 15.3 Å². The lowest BCUT2D eigenvalue weighted by Gasteiger charge is -2.13. The van der Waals surface area contributed by atoms with Gasteiger partial charge in [0.2, 0.25) is 0 Å². The smallest absolute Gasteiger partial charge is 0.332 e. The zero-order valence-corrected chi connectivity index (χ0v) is 18.0. The fraction of sp³-hybridized carbons (Fsp3) is 0.273. The van der Waals surface area contributed by atoms with Crippen LogP contribution in [0.1, 0.15) is 31.1 Å². The van der Waals surface area contributed by atoms with E-state index in [0.717, 1.165) is 0 Å². The Hall–Kier alpha value is -4.08. The van der Waals surface area contributed by atoms with Crippen LogP contribution in [-0.4, -0.2) is 40.9 Å². The average Bonchev–Trinajstić information content (AvgIpc) is 3.26. The van der Waals surface area contributed by atoms with Crippen LogP contribution in [0.3, 0.4) is 0 Å². The molecule has 0 spiro atoms. The maximum atomic E-state index is 12.7. The second-order valence-electron chi connectivity index (χ2n) is 7.26. The topological polar surface area (TPSA) is 128 Å². The van der Waals surface area contributed by atoms with E-state index in [4.69, 9.17) is 0 Å². The molecule has 0 radical (unpaired) electrons. The predicted molar refractivity (Wildman–Crippen MR) is 121 cm³/mol. The van der Waals surface area contributed by atoms with Crippen LogP contribution >= 0.6 is 0 Å². The molecule has 4 heterocycles. The van der Waals surface area contributed by atoms with E-state index >= 15 is 0 Å². The van der Waals surface area contributed by atoms with Gasteiger partial charge in [-0.25, -0.2) is 14.8 Å². The minimum absolute atomic E-state index is 0.0917. The van der Waals surface area contributed by atoms with E-state index in [2.05, 4.69) is 25.3 Å². The van der Waals surface area contributed by atoms with Crippen LogP contribution < -0.4 is 16.6 Å². The van der Waals surface area contributed by atoms with E-state index in [1.54, 1.807) is 50.5 Å². The summed E-state index contributed by atoms with van der Waals surface area (Å²) in [5.74, 6) is 0.866. The third kappa shape index (κ3) is 3.70. The number of imidazole rings is 1. The van der Waals surface area contributed by atoms with Gasteiger partial charge in [-0.05, 0) is 45.0 Å². The molecule has 0 aliphatic carbocycles. The van der Waals surface area contributed by atoms with Gasteiger partial charge in [-0.3, -0.25) is 23.7 Å². The van der Waals surface area contributed by atoms with Crippen LogP contribution in [-0.2, 0) is 13.1 Å². The first-order valence-corrected chi connectivity index (χ1v) is 10.3. The van der Waals surface area contributed by atoms with E-state index in [-0.39, 0.29) is 23.5 Å². The first kappa shape index (κ1) is 21.2. The van der Waals surface area contributed by atoms with Crippen LogP contribution in [0.4, 0.5) is 5.82 Å². The minimum atomic E-state index is -0.491. The number of hydrogen-bond acceptors (Lipinski definition) is 7. The molecular formula is C22H23N7O3. The van der Waals surface area contributed by atoms with Crippen molar-refractivity contribution in [3.05, 3.63) is 69.3 Å². The maximum absolute atomic E-state index is 12.7. The number of carbonyl (C=O) groups is 1. The zero-order valence-electron chi connectivity index (χ0n) is 18.0. The summed E-state index contributed by atoms with van der Waals surface area (Å²) in [4.78, 5) is 53.6. The Morgan fingerprint density at radius 1 is 1.12 bits per heavy atom. The summed E-state index contributed by atoms with van der Waals surface area (Å²) in [5, 5.41) is 3.08. The number of anilines is 1. The summed E-state index contributed by atoms with van der Waals surface area (Å²) in [7, 11) is 0. The van der Waals surface area contributed by atoms with Crippen molar-refractivity contribution in [3.8, 4) is 11.4 Å². The third-order valence-corrected chi connectivity index (χ3v) is 5.23. The van der Waals surface area contributed by atoms with Crippen molar-refractivity contribution in [1.82, 2.24) is 29.1 Å². The van der Waals surface area contributed by atoms with E-state index in [1.807, 2.05) is 6.92 Å². The lowest BCUT2D eigenvalue weighted by atomic mass is 10.1. The van der Waals surface area contributed by atoms with Crippen molar-refractivity contribution < 1.29 is 4.79 Å². The minimum Gasteiger partial charge on any atom is -0.360 e. The van der Waals surface area contributed by atoms with E-state index < -0.39 is 11.6 Å². The molecular weight excluding hydrogens is 410 g/mol. The molecule has 164 valence electrons. The predicted octanol–water partition coefficient (Wildman–Crippen LogP) is 2.07. The Labute approximate surface area is 183 Å². The SMILES string of the molecule is CCn1c(=O)c2[nH]c(-c3ccc(NC(C)C(=O)c4cccnc4)nc3)nc2n(CC)c1=O. The standard InChI is InChI=1S/C22H23N7O3/c1-4-28-20-17(21(31)29(5-2)22(28)32)26-19(27-20)15-8-9-16(24-12-15)25-13(3)18(30)14-7-6-10-23-11-14/h6-13H,4-5H2,1-3H3,(H,24,25)(H,26,27). The number of H-pyrrole nitrogens is 1. The van der Waals surface area contributed by atoms with Gasteiger partial charge in [-0.1, -0.05) is 0 Å². The Morgan fingerprint density at radius 3 is 2.53 bits per heavy atom. The molecule has 4 aromatic heterocycles. The average molecular weight is 433 g/mol. The molecule has 0 saturated carbocycles. The first-order valence-electron chi connectivity index (χ1n) is 10.3. The summed E-state index contributed by atoms with van der Waals surface area (Å²) in [5.41, 5.74) is 0.989. The van der Waals surface area contributed by atoms with Crippen molar-refractivity contribution >= 4 is 22.8 Å². The highest BCUT2D eigenvalue weighted by Crippen LogP contribution is 2.19. The highest BCUT2D eigenvalue weighted by Gasteiger charge is 2.18. The fourth-order valence-electron chi connectivity index (χ4n) is 3.53. The van der Waals surface area contributed by atoms with Crippen molar-refractivity contribution in [3.63, 3.8) is 0 Å². The van der Waals surface area contributed by atoms with E-state index in [9.17, 15) is 14.4 Å². The molecule has 1 unspecified atom stereocenters. The van der Waals surface area contributed by atoms with Crippen molar-refractivity contribution in [1.29, 1.82) is 0 Å². The molecule has 0 aliphatic heterocycles. The summed E-state index contributed by atoms with van der Waals surface area (Å²) in [6, 6.07) is 6.45. The number of aromatic amines is 1. The van der Waals surface area contributed by atoms with Crippen LogP contribution in [0.15, 0.2) is 52.4 Å².